The summed E-state index contributed by atoms with van der Waals surface area (Å²) in [5, 5.41) is 26.6. The number of carboxylic acid groups (broad SMARTS) is 1. The molecule has 0 unspecified atom stereocenters. The summed E-state index contributed by atoms with van der Waals surface area (Å²) in [6.45, 7) is -0.355. The molecule has 0 bridgehead atoms. The van der Waals surface area contributed by atoms with Crippen molar-refractivity contribution in [2.45, 2.75) is 12.6 Å². The quantitative estimate of drug-likeness (QED) is 0.544. The zero-order valence-electron chi connectivity index (χ0n) is 7.34. The van der Waals surface area contributed by atoms with Gasteiger partial charge in [0.2, 0.25) is 0 Å². The van der Waals surface area contributed by atoms with Crippen molar-refractivity contribution < 1.29 is 20.1 Å². The Labute approximate surface area is 80.4 Å². The first-order chi connectivity index (χ1) is 6.56. The van der Waals surface area contributed by atoms with Crippen molar-refractivity contribution in [2.75, 3.05) is 0 Å². The molecule has 0 radical (unpaired) electrons. The molecule has 1 rings (SSSR count). The number of carboxylic acids is 1. The zero-order chi connectivity index (χ0) is 10.7. The fourth-order valence-electron chi connectivity index (χ4n) is 1.07. The van der Waals surface area contributed by atoms with Gasteiger partial charge in [0.1, 0.15) is 11.8 Å². The van der Waals surface area contributed by atoms with Crippen LogP contribution in [-0.2, 0) is 11.4 Å². The fourth-order valence-corrected chi connectivity index (χ4v) is 1.07. The van der Waals surface area contributed by atoms with E-state index in [0.717, 1.165) is 0 Å². The summed E-state index contributed by atoms with van der Waals surface area (Å²) in [6, 6.07) is 2.95. The molecule has 0 saturated carbocycles. The number of rotatable bonds is 3. The predicted octanol–water partition coefficient (Wildman–Crippen LogP) is -0.0311. The van der Waals surface area contributed by atoms with E-state index in [1.165, 1.54) is 18.2 Å². The minimum absolute atomic E-state index is 0.0751. The third-order valence-corrected chi connectivity index (χ3v) is 1.90. The van der Waals surface area contributed by atoms with Gasteiger partial charge in [-0.2, -0.15) is 0 Å². The van der Waals surface area contributed by atoms with Crippen LogP contribution in [-0.4, -0.2) is 21.3 Å². The molecule has 1 aromatic rings. The van der Waals surface area contributed by atoms with Crippen LogP contribution in [0.2, 0.25) is 0 Å². The first-order valence-electron chi connectivity index (χ1n) is 3.97. The van der Waals surface area contributed by atoms with Crippen molar-refractivity contribution in [1.82, 2.24) is 0 Å². The van der Waals surface area contributed by atoms with Crippen molar-refractivity contribution in [3.05, 3.63) is 29.3 Å². The summed E-state index contributed by atoms with van der Waals surface area (Å²) in [5.74, 6) is -1.23. The van der Waals surface area contributed by atoms with E-state index in [9.17, 15) is 9.90 Å². The van der Waals surface area contributed by atoms with Gasteiger partial charge in [0.25, 0.3) is 0 Å². The van der Waals surface area contributed by atoms with Crippen LogP contribution < -0.4 is 5.73 Å². The van der Waals surface area contributed by atoms with E-state index < -0.39 is 12.0 Å². The van der Waals surface area contributed by atoms with Crippen LogP contribution in [0.25, 0.3) is 0 Å². The number of aromatic hydroxyl groups is 1. The summed E-state index contributed by atoms with van der Waals surface area (Å²) in [7, 11) is 0. The summed E-state index contributed by atoms with van der Waals surface area (Å²) in [6.07, 6.45) is 0. The number of aliphatic hydroxyl groups excluding tert-OH is 1. The van der Waals surface area contributed by atoms with E-state index in [-0.39, 0.29) is 17.9 Å². The van der Waals surface area contributed by atoms with Gasteiger partial charge in [-0.15, -0.1) is 0 Å². The van der Waals surface area contributed by atoms with Gasteiger partial charge in [0, 0.05) is 5.56 Å². The Hall–Kier alpha value is -1.59. The highest BCUT2D eigenvalue weighted by atomic mass is 16.4. The summed E-state index contributed by atoms with van der Waals surface area (Å²) < 4.78 is 0. The number of hydrogen-bond acceptors (Lipinski definition) is 4. The molecule has 0 heterocycles. The van der Waals surface area contributed by atoms with Gasteiger partial charge in [-0.1, -0.05) is 6.07 Å². The molecule has 5 heteroatoms. The Morgan fingerprint density at radius 1 is 1.50 bits per heavy atom. The second-order valence-electron chi connectivity index (χ2n) is 2.86. The Morgan fingerprint density at radius 2 is 2.14 bits per heavy atom. The fraction of sp³-hybridized carbons (Fsp3) is 0.222. The van der Waals surface area contributed by atoms with Gasteiger partial charge < -0.3 is 21.1 Å². The van der Waals surface area contributed by atoms with Gasteiger partial charge in [0.15, 0.2) is 0 Å². The molecule has 0 aliphatic heterocycles. The molecule has 5 nitrogen and oxygen atoms in total. The molecule has 0 saturated heterocycles. The Morgan fingerprint density at radius 3 is 2.64 bits per heavy atom. The van der Waals surface area contributed by atoms with E-state index in [1.807, 2.05) is 0 Å². The highest BCUT2D eigenvalue weighted by molar-refractivity contribution is 5.75. The van der Waals surface area contributed by atoms with Gasteiger partial charge in [-0.05, 0) is 17.7 Å². The van der Waals surface area contributed by atoms with E-state index in [4.69, 9.17) is 15.9 Å². The number of benzene rings is 1. The first-order valence-corrected chi connectivity index (χ1v) is 3.97. The van der Waals surface area contributed by atoms with Gasteiger partial charge in [-0.25, -0.2) is 0 Å². The van der Waals surface area contributed by atoms with Crippen LogP contribution in [0.4, 0.5) is 0 Å². The molecular weight excluding hydrogens is 186 g/mol. The number of phenols is 1. The lowest BCUT2D eigenvalue weighted by atomic mass is 10.0. The highest BCUT2D eigenvalue weighted by Gasteiger charge is 2.15. The lowest BCUT2D eigenvalue weighted by molar-refractivity contribution is -0.138. The summed E-state index contributed by atoms with van der Waals surface area (Å²) >= 11 is 0. The largest absolute Gasteiger partial charge is 0.508 e. The molecule has 0 aliphatic carbocycles. The van der Waals surface area contributed by atoms with Crippen LogP contribution in [0.3, 0.4) is 0 Å². The van der Waals surface area contributed by atoms with E-state index in [0.29, 0.717) is 5.56 Å². The molecule has 1 atom stereocenters. The predicted molar refractivity (Wildman–Crippen MR) is 48.6 cm³/mol. The molecule has 0 fully saturated rings. The van der Waals surface area contributed by atoms with Gasteiger partial charge in [0.05, 0.1) is 6.61 Å². The van der Waals surface area contributed by atoms with Gasteiger partial charge >= 0.3 is 5.97 Å². The lowest BCUT2D eigenvalue weighted by Gasteiger charge is -2.09. The van der Waals surface area contributed by atoms with Gasteiger partial charge in [-0.3, -0.25) is 4.79 Å². The molecule has 0 spiro atoms. The molecule has 14 heavy (non-hydrogen) atoms. The monoisotopic (exact) mass is 197 g/mol. The second-order valence-corrected chi connectivity index (χ2v) is 2.86. The molecule has 0 aliphatic rings. The lowest BCUT2D eigenvalue weighted by Crippen LogP contribution is -2.20. The normalized spacial score (nSPS) is 12.4. The summed E-state index contributed by atoms with van der Waals surface area (Å²) in [4.78, 5) is 10.5. The third-order valence-electron chi connectivity index (χ3n) is 1.90. The number of aliphatic hydroxyl groups is 1. The van der Waals surface area contributed by atoms with E-state index >= 15 is 0 Å². The number of aliphatic carboxylic acids is 1. The van der Waals surface area contributed by atoms with Crippen molar-refractivity contribution in [3.63, 3.8) is 0 Å². The van der Waals surface area contributed by atoms with Crippen molar-refractivity contribution >= 4 is 5.97 Å². The Bertz CT molecular complexity index is 351. The van der Waals surface area contributed by atoms with Crippen LogP contribution in [0, 0.1) is 0 Å². The van der Waals surface area contributed by atoms with Crippen LogP contribution in [0.5, 0.6) is 5.75 Å². The minimum atomic E-state index is -1.15. The second kappa shape index (κ2) is 4.08. The van der Waals surface area contributed by atoms with E-state index in [1.54, 1.807) is 0 Å². The molecule has 5 N–H and O–H groups in total. The first kappa shape index (κ1) is 10.5. The Balaban J connectivity index is 3.06. The maximum absolute atomic E-state index is 10.5. The summed E-state index contributed by atoms with van der Waals surface area (Å²) in [5.41, 5.74) is 5.96. The molecule has 0 amide bonds. The average Bonchev–Trinajstić information content (AvgIpc) is 2.17. The SMILES string of the molecule is N[C@@H](C(=O)O)c1ccc(O)c(CO)c1. The zero-order valence-corrected chi connectivity index (χ0v) is 7.34. The van der Waals surface area contributed by atoms with Crippen molar-refractivity contribution in [1.29, 1.82) is 0 Å². The maximum atomic E-state index is 10.5. The standard InChI is InChI=1S/C9H11NO4/c10-8(9(13)14)5-1-2-7(12)6(3-5)4-11/h1-3,8,11-12H,4,10H2,(H,13,14)/t8-/m1/s1. The minimum Gasteiger partial charge on any atom is -0.508 e. The average molecular weight is 197 g/mol. The number of carbonyl (C=O) groups is 1. The number of hydrogen-bond donors (Lipinski definition) is 4. The van der Waals surface area contributed by atoms with Crippen molar-refractivity contribution in [3.8, 4) is 5.75 Å². The Kier molecular flexibility index (Phi) is 3.06. The van der Waals surface area contributed by atoms with Crippen LogP contribution >= 0.6 is 0 Å². The third kappa shape index (κ3) is 2.01. The molecular formula is C9H11NO4. The number of nitrogens with two attached hydrogens (primary N) is 1. The van der Waals surface area contributed by atoms with Crippen LogP contribution in [0.1, 0.15) is 17.2 Å². The topological polar surface area (TPSA) is 104 Å². The molecule has 1 aromatic carbocycles. The van der Waals surface area contributed by atoms with Crippen LogP contribution in [0.15, 0.2) is 18.2 Å². The van der Waals surface area contributed by atoms with E-state index in [2.05, 4.69) is 0 Å². The van der Waals surface area contributed by atoms with Crippen molar-refractivity contribution in [2.24, 2.45) is 5.73 Å². The maximum Gasteiger partial charge on any atom is 0.325 e. The highest BCUT2D eigenvalue weighted by Crippen LogP contribution is 2.21. The smallest absolute Gasteiger partial charge is 0.325 e. The molecule has 76 valence electrons. The molecule has 0 aromatic heterocycles.